The Labute approximate surface area is 192 Å². The molecule has 0 radical (unpaired) electrons. The lowest BCUT2D eigenvalue weighted by Crippen LogP contribution is -2.50. The second-order valence-corrected chi connectivity index (χ2v) is 7.90. The van der Waals surface area contributed by atoms with Crippen molar-refractivity contribution < 1.29 is 18.8 Å². The Balaban J connectivity index is 1.30. The Hall–Kier alpha value is -3.47. The van der Waals surface area contributed by atoms with Gasteiger partial charge in [0.15, 0.2) is 10.4 Å². The number of carbonyl (C=O) groups excluding carboxylic acids is 3. The molecule has 1 aliphatic rings. The first kappa shape index (κ1) is 21.8. The number of hydrazine groups is 2. The number of benzene rings is 2. The van der Waals surface area contributed by atoms with E-state index in [1.807, 2.05) is 30.3 Å². The molecule has 10 heteroatoms. The van der Waals surface area contributed by atoms with Crippen LogP contribution in [-0.4, -0.2) is 23.8 Å². The average molecular weight is 498 g/mol. The lowest BCUT2D eigenvalue weighted by molar-refractivity contribution is -0.123. The third-order valence-electron chi connectivity index (χ3n) is 4.90. The number of nitrogens with one attached hydrogen (secondary N) is 5. The van der Waals surface area contributed by atoms with Gasteiger partial charge in [0, 0.05) is 17.3 Å². The summed E-state index contributed by atoms with van der Waals surface area (Å²) in [6, 6.07) is 18.7. The molecule has 3 aromatic rings. The van der Waals surface area contributed by atoms with E-state index in [2.05, 4.69) is 42.9 Å². The number of hydrogen-bond donors (Lipinski definition) is 5. The zero-order chi connectivity index (χ0) is 22.5. The number of amides is 3. The summed E-state index contributed by atoms with van der Waals surface area (Å²) in [6.45, 7) is 0. The van der Waals surface area contributed by atoms with Gasteiger partial charge in [-0.25, -0.2) is 10.9 Å². The van der Waals surface area contributed by atoms with E-state index in [-0.39, 0.29) is 23.3 Å². The smallest absolute Gasteiger partial charge is 0.291 e. The molecule has 1 fully saturated rings. The molecule has 4 rings (SSSR count). The summed E-state index contributed by atoms with van der Waals surface area (Å²) in [4.78, 5) is 37.1. The highest BCUT2D eigenvalue weighted by Crippen LogP contribution is 2.21. The SMILES string of the molecule is O=C(NNC(=O)C1CC(c2ccccc2)NN1)c1cccc(NC(=O)c2ccc(Br)o2)c1. The highest BCUT2D eigenvalue weighted by Gasteiger charge is 2.30. The summed E-state index contributed by atoms with van der Waals surface area (Å²) in [5, 5.41) is 2.66. The second-order valence-electron chi connectivity index (χ2n) is 7.12. The third kappa shape index (κ3) is 5.22. The highest BCUT2D eigenvalue weighted by molar-refractivity contribution is 9.10. The van der Waals surface area contributed by atoms with Gasteiger partial charge in [0.25, 0.3) is 17.7 Å². The lowest BCUT2D eigenvalue weighted by Gasteiger charge is -2.12. The Morgan fingerprint density at radius 2 is 1.72 bits per heavy atom. The number of halogens is 1. The van der Waals surface area contributed by atoms with Crippen molar-refractivity contribution in [2.24, 2.45) is 0 Å². The van der Waals surface area contributed by atoms with Gasteiger partial charge in [-0.3, -0.25) is 25.2 Å². The largest absolute Gasteiger partial charge is 0.444 e. The molecule has 0 bridgehead atoms. The van der Waals surface area contributed by atoms with E-state index in [0.29, 0.717) is 16.8 Å². The van der Waals surface area contributed by atoms with Gasteiger partial charge in [0.1, 0.15) is 6.04 Å². The van der Waals surface area contributed by atoms with Crippen LogP contribution in [0.15, 0.2) is 75.8 Å². The number of furan rings is 1. The van der Waals surface area contributed by atoms with E-state index in [0.717, 1.165) is 5.56 Å². The van der Waals surface area contributed by atoms with E-state index < -0.39 is 17.9 Å². The molecule has 2 atom stereocenters. The zero-order valence-electron chi connectivity index (χ0n) is 16.7. The van der Waals surface area contributed by atoms with Crippen LogP contribution in [0.4, 0.5) is 5.69 Å². The molecule has 0 spiro atoms. The van der Waals surface area contributed by atoms with Crippen LogP contribution >= 0.6 is 15.9 Å². The average Bonchev–Trinajstić information content (AvgIpc) is 3.48. The Morgan fingerprint density at radius 3 is 2.47 bits per heavy atom. The van der Waals surface area contributed by atoms with Crippen molar-refractivity contribution >= 4 is 39.3 Å². The summed E-state index contributed by atoms with van der Waals surface area (Å²) in [5.41, 5.74) is 12.6. The van der Waals surface area contributed by atoms with Crippen molar-refractivity contribution in [1.29, 1.82) is 0 Å². The molecule has 164 valence electrons. The molecular weight excluding hydrogens is 478 g/mol. The summed E-state index contributed by atoms with van der Waals surface area (Å²) >= 11 is 3.14. The van der Waals surface area contributed by atoms with Crippen LogP contribution in [0.1, 0.15) is 38.9 Å². The maximum Gasteiger partial charge on any atom is 0.291 e. The van der Waals surface area contributed by atoms with Gasteiger partial charge in [-0.1, -0.05) is 36.4 Å². The number of anilines is 1. The maximum absolute atomic E-state index is 12.5. The first-order chi connectivity index (χ1) is 15.5. The molecule has 2 unspecified atom stereocenters. The third-order valence-corrected chi connectivity index (χ3v) is 5.33. The molecule has 0 saturated carbocycles. The minimum Gasteiger partial charge on any atom is -0.444 e. The summed E-state index contributed by atoms with van der Waals surface area (Å²) in [6.07, 6.45) is 0.538. The van der Waals surface area contributed by atoms with Crippen LogP contribution in [0.25, 0.3) is 0 Å². The molecule has 32 heavy (non-hydrogen) atoms. The van der Waals surface area contributed by atoms with E-state index in [4.69, 9.17) is 4.42 Å². The van der Waals surface area contributed by atoms with Gasteiger partial charge in [-0.2, -0.15) is 0 Å². The molecule has 3 amide bonds. The van der Waals surface area contributed by atoms with Gasteiger partial charge in [0.2, 0.25) is 0 Å². The number of rotatable bonds is 5. The van der Waals surface area contributed by atoms with Gasteiger partial charge in [-0.05, 0) is 58.2 Å². The van der Waals surface area contributed by atoms with Crippen molar-refractivity contribution in [2.45, 2.75) is 18.5 Å². The molecule has 1 aliphatic heterocycles. The fraction of sp³-hybridized carbons (Fsp3) is 0.136. The van der Waals surface area contributed by atoms with E-state index in [9.17, 15) is 14.4 Å². The van der Waals surface area contributed by atoms with Crippen LogP contribution in [0.2, 0.25) is 0 Å². The van der Waals surface area contributed by atoms with Gasteiger partial charge >= 0.3 is 0 Å². The van der Waals surface area contributed by atoms with Crippen LogP contribution in [0.3, 0.4) is 0 Å². The summed E-state index contributed by atoms with van der Waals surface area (Å²) in [5.74, 6) is -1.20. The van der Waals surface area contributed by atoms with Crippen molar-refractivity contribution in [2.75, 3.05) is 5.32 Å². The van der Waals surface area contributed by atoms with Crippen LogP contribution < -0.4 is 27.0 Å². The minimum atomic E-state index is -0.513. The lowest BCUT2D eigenvalue weighted by atomic mass is 10.0. The normalized spacial score (nSPS) is 17.5. The minimum absolute atomic E-state index is 0.00210. The number of hydrogen-bond acceptors (Lipinski definition) is 6. The van der Waals surface area contributed by atoms with Crippen LogP contribution in [0.5, 0.6) is 0 Å². The first-order valence-corrected chi connectivity index (χ1v) is 10.6. The van der Waals surface area contributed by atoms with E-state index in [1.54, 1.807) is 24.3 Å². The summed E-state index contributed by atoms with van der Waals surface area (Å²) in [7, 11) is 0. The monoisotopic (exact) mass is 497 g/mol. The molecule has 9 nitrogen and oxygen atoms in total. The fourth-order valence-corrected chi connectivity index (χ4v) is 3.58. The fourth-order valence-electron chi connectivity index (χ4n) is 3.28. The van der Waals surface area contributed by atoms with E-state index >= 15 is 0 Å². The molecule has 5 N–H and O–H groups in total. The van der Waals surface area contributed by atoms with Crippen LogP contribution in [0, 0.1) is 0 Å². The standard InChI is InChI=1S/C22H20BrN5O4/c23-19-10-9-18(32-19)22(31)24-15-8-4-7-14(11-15)20(29)27-28-21(30)17-12-16(25-26-17)13-5-2-1-3-6-13/h1-11,16-17,25-26H,12H2,(H,24,31)(H,27,29)(H,28,30). The van der Waals surface area contributed by atoms with Crippen molar-refractivity contribution in [3.05, 3.63) is 88.3 Å². The molecule has 1 aromatic heterocycles. The highest BCUT2D eigenvalue weighted by atomic mass is 79.9. The van der Waals surface area contributed by atoms with Gasteiger partial charge in [-0.15, -0.1) is 0 Å². The molecule has 1 saturated heterocycles. The molecule has 0 aliphatic carbocycles. The number of carbonyl (C=O) groups is 3. The predicted molar refractivity (Wildman–Crippen MR) is 120 cm³/mol. The first-order valence-electron chi connectivity index (χ1n) is 9.82. The van der Waals surface area contributed by atoms with Crippen molar-refractivity contribution in [1.82, 2.24) is 21.7 Å². The van der Waals surface area contributed by atoms with Crippen molar-refractivity contribution in [3.8, 4) is 0 Å². The summed E-state index contributed by atoms with van der Waals surface area (Å²) < 4.78 is 5.65. The quantitative estimate of drug-likeness (QED) is 0.345. The van der Waals surface area contributed by atoms with E-state index in [1.165, 1.54) is 12.1 Å². The van der Waals surface area contributed by atoms with Crippen LogP contribution in [-0.2, 0) is 4.79 Å². The molecular formula is C22H20BrN5O4. The van der Waals surface area contributed by atoms with Gasteiger partial charge in [0.05, 0.1) is 0 Å². The van der Waals surface area contributed by atoms with Crippen molar-refractivity contribution in [3.63, 3.8) is 0 Å². The Bertz CT molecular complexity index is 1130. The maximum atomic E-state index is 12.5. The van der Waals surface area contributed by atoms with Gasteiger partial charge < -0.3 is 9.73 Å². The Kier molecular flexibility index (Phi) is 6.64. The second kappa shape index (κ2) is 9.77. The molecule has 2 heterocycles. The molecule has 2 aromatic carbocycles. The Morgan fingerprint density at radius 1 is 0.906 bits per heavy atom. The predicted octanol–water partition coefficient (Wildman–Crippen LogP) is 2.66. The topological polar surface area (TPSA) is 125 Å². The zero-order valence-corrected chi connectivity index (χ0v) is 18.3.